The number of ether oxygens (including phenoxy) is 1. The summed E-state index contributed by atoms with van der Waals surface area (Å²) in [5.74, 6) is 1.84. The molecule has 20 heavy (non-hydrogen) atoms. The highest BCUT2D eigenvalue weighted by molar-refractivity contribution is 6.11. The van der Waals surface area contributed by atoms with Gasteiger partial charge in [-0.05, 0) is 24.3 Å². The van der Waals surface area contributed by atoms with Crippen LogP contribution < -0.4 is 4.74 Å². The third-order valence-electron chi connectivity index (χ3n) is 3.98. The molecule has 0 N–H and O–H groups in total. The van der Waals surface area contributed by atoms with E-state index in [1.165, 1.54) is 16.3 Å². The van der Waals surface area contributed by atoms with Crippen LogP contribution in [0.5, 0.6) is 11.5 Å². The van der Waals surface area contributed by atoms with Gasteiger partial charge in [0.25, 0.3) is 0 Å². The summed E-state index contributed by atoms with van der Waals surface area (Å²) in [5.41, 5.74) is 3.50. The van der Waals surface area contributed by atoms with E-state index in [2.05, 4.69) is 53.1 Å². The van der Waals surface area contributed by atoms with E-state index in [0.29, 0.717) is 0 Å². The molecule has 0 saturated carbocycles. The Morgan fingerprint density at radius 3 is 2.40 bits per heavy atom. The average Bonchev–Trinajstić information content (AvgIpc) is 2.85. The Hall–Kier alpha value is -2.74. The Balaban J connectivity index is 2.12. The maximum atomic E-state index is 6.06. The molecule has 0 fully saturated rings. The van der Waals surface area contributed by atoms with Gasteiger partial charge in [0.05, 0.1) is 16.7 Å². The fourth-order valence-electron chi connectivity index (χ4n) is 3.17. The number of rotatable bonds is 0. The van der Waals surface area contributed by atoms with Crippen LogP contribution in [0.1, 0.15) is 0 Å². The van der Waals surface area contributed by atoms with Gasteiger partial charge in [0.1, 0.15) is 0 Å². The lowest BCUT2D eigenvalue weighted by Gasteiger charge is -2.20. The molecule has 4 aromatic rings. The monoisotopic (exact) mass is 257 g/mol. The smallest absolute Gasteiger partial charge is 0.152 e. The van der Waals surface area contributed by atoms with Gasteiger partial charge in [0.2, 0.25) is 0 Å². The van der Waals surface area contributed by atoms with E-state index < -0.39 is 0 Å². The van der Waals surface area contributed by atoms with Crippen molar-refractivity contribution in [3.05, 3.63) is 66.7 Å². The van der Waals surface area contributed by atoms with Crippen molar-refractivity contribution in [2.45, 2.75) is 0 Å². The zero-order valence-corrected chi connectivity index (χ0v) is 10.7. The van der Waals surface area contributed by atoms with E-state index in [1.807, 2.05) is 18.2 Å². The molecule has 3 aromatic carbocycles. The fraction of sp³-hybridized carbons (Fsp3) is 0. The second kappa shape index (κ2) is 3.42. The number of para-hydroxylation sites is 4. The van der Waals surface area contributed by atoms with Gasteiger partial charge >= 0.3 is 0 Å². The molecule has 0 spiro atoms. The zero-order chi connectivity index (χ0) is 13.1. The van der Waals surface area contributed by atoms with E-state index >= 15 is 0 Å². The first-order chi connectivity index (χ1) is 9.93. The maximum Gasteiger partial charge on any atom is 0.152 e. The molecule has 2 nitrogen and oxygen atoms in total. The van der Waals surface area contributed by atoms with Crippen molar-refractivity contribution in [3.63, 3.8) is 0 Å². The van der Waals surface area contributed by atoms with Gasteiger partial charge in [-0.3, -0.25) is 0 Å². The van der Waals surface area contributed by atoms with Crippen molar-refractivity contribution in [1.82, 2.24) is 4.57 Å². The van der Waals surface area contributed by atoms with Gasteiger partial charge in [-0.15, -0.1) is 0 Å². The summed E-state index contributed by atoms with van der Waals surface area (Å²) in [6.07, 6.45) is 0. The third kappa shape index (κ3) is 1.09. The van der Waals surface area contributed by atoms with Crippen molar-refractivity contribution in [1.29, 1.82) is 0 Å². The quantitative estimate of drug-likeness (QED) is 0.385. The van der Waals surface area contributed by atoms with E-state index in [0.717, 1.165) is 22.7 Å². The van der Waals surface area contributed by atoms with Crippen LogP contribution in [0.2, 0.25) is 0 Å². The van der Waals surface area contributed by atoms with Crippen LogP contribution in [0.15, 0.2) is 66.7 Å². The van der Waals surface area contributed by atoms with Crippen LogP contribution in [0.4, 0.5) is 0 Å². The first kappa shape index (κ1) is 10.1. The molecule has 0 radical (unpaired) electrons. The summed E-state index contributed by atoms with van der Waals surface area (Å²) >= 11 is 0. The minimum atomic E-state index is 0.911. The van der Waals surface area contributed by atoms with Gasteiger partial charge in [-0.25, -0.2) is 0 Å². The van der Waals surface area contributed by atoms with Crippen LogP contribution in [0, 0.1) is 0 Å². The summed E-state index contributed by atoms with van der Waals surface area (Å²) in [6, 6.07) is 23.0. The van der Waals surface area contributed by atoms with E-state index in [9.17, 15) is 0 Å². The second-order valence-electron chi connectivity index (χ2n) is 5.07. The predicted molar refractivity (Wildman–Crippen MR) is 80.9 cm³/mol. The number of aromatic nitrogens is 1. The molecule has 1 aliphatic rings. The van der Waals surface area contributed by atoms with E-state index in [-0.39, 0.29) is 0 Å². The molecule has 1 aromatic heterocycles. The van der Waals surface area contributed by atoms with Crippen LogP contribution in [-0.2, 0) is 0 Å². The largest absolute Gasteiger partial charge is 0.453 e. The highest BCUT2D eigenvalue weighted by Gasteiger charge is 2.22. The topological polar surface area (TPSA) is 14.2 Å². The highest BCUT2D eigenvalue weighted by Crippen LogP contribution is 2.44. The van der Waals surface area contributed by atoms with Crippen LogP contribution in [0.25, 0.3) is 27.5 Å². The second-order valence-corrected chi connectivity index (χ2v) is 5.07. The molecule has 0 amide bonds. The molecule has 1 aliphatic heterocycles. The molecule has 2 heterocycles. The van der Waals surface area contributed by atoms with Crippen LogP contribution in [0.3, 0.4) is 0 Å². The van der Waals surface area contributed by atoms with Crippen LogP contribution in [-0.4, -0.2) is 4.57 Å². The van der Waals surface area contributed by atoms with E-state index in [4.69, 9.17) is 4.74 Å². The first-order valence-electron chi connectivity index (χ1n) is 6.73. The summed E-state index contributed by atoms with van der Waals surface area (Å²) in [7, 11) is 0. The summed E-state index contributed by atoms with van der Waals surface area (Å²) in [5, 5.41) is 2.51. The van der Waals surface area contributed by atoms with Crippen molar-refractivity contribution in [2.24, 2.45) is 0 Å². The fourth-order valence-corrected chi connectivity index (χ4v) is 3.17. The van der Waals surface area contributed by atoms with Gasteiger partial charge in [-0.2, -0.15) is 0 Å². The SMILES string of the molecule is c1ccc2c(c1)Oc1cccc3c4ccccc4n-2c13. The molecule has 5 rings (SSSR count). The summed E-state index contributed by atoms with van der Waals surface area (Å²) in [4.78, 5) is 0. The molecule has 0 unspecified atom stereocenters. The Bertz CT molecular complexity index is 981. The molecule has 0 bridgehead atoms. The first-order valence-corrected chi connectivity index (χ1v) is 6.73. The average molecular weight is 257 g/mol. The van der Waals surface area contributed by atoms with Crippen molar-refractivity contribution < 1.29 is 4.74 Å². The van der Waals surface area contributed by atoms with Gasteiger partial charge in [-0.1, -0.05) is 42.5 Å². The number of hydrogen-bond donors (Lipinski definition) is 0. The molecule has 2 heteroatoms. The lowest BCUT2D eigenvalue weighted by molar-refractivity contribution is 0.476. The standard InChI is InChI=1S/C18H11NO/c1-2-8-14-12(6-1)13-7-5-11-17-18(13)19(14)15-9-3-4-10-16(15)20-17/h1-11H. The van der Waals surface area contributed by atoms with Crippen molar-refractivity contribution >= 4 is 21.8 Å². The number of nitrogens with zero attached hydrogens (tertiary/aromatic N) is 1. The van der Waals surface area contributed by atoms with Gasteiger partial charge < -0.3 is 9.30 Å². The minimum Gasteiger partial charge on any atom is -0.453 e. The van der Waals surface area contributed by atoms with Gasteiger partial charge in [0.15, 0.2) is 11.5 Å². The highest BCUT2D eigenvalue weighted by atomic mass is 16.5. The lowest BCUT2D eigenvalue weighted by Crippen LogP contribution is -2.03. The Morgan fingerprint density at radius 2 is 1.40 bits per heavy atom. The molecule has 94 valence electrons. The summed E-state index contributed by atoms with van der Waals surface area (Å²) < 4.78 is 8.36. The van der Waals surface area contributed by atoms with Crippen molar-refractivity contribution in [3.8, 4) is 17.2 Å². The predicted octanol–water partition coefficient (Wildman–Crippen LogP) is 4.89. The molecule has 0 saturated heterocycles. The number of hydrogen-bond acceptors (Lipinski definition) is 1. The lowest BCUT2D eigenvalue weighted by atomic mass is 10.1. The molecular weight excluding hydrogens is 246 g/mol. The third-order valence-corrected chi connectivity index (χ3v) is 3.98. The molecule has 0 atom stereocenters. The minimum absolute atomic E-state index is 0.911. The van der Waals surface area contributed by atoms with Crippen molar-refractivity contribution in [2.75, 3.05) is 0 Å². The van der Waals surface area contributed by atoms with Gasteiger partial charge in [0, 0.05) is 10.8 Å². The Labute approximate surface area is 115 Å². The summed E-state index contributed by atoms with van der Waals surface area (Å²) in [6.45, 7) is 0. The van der Waals surface area contributed by atoms with Crippen LogP contribution >= 0.6 is 0 Å². The number of benzene rings is 3. The zero-order valence-electron chi connectivity index (χ0n) is 10.7. The Morgan fingerprint density at radius 1 is 0.650 bits per heavy atom. The van der Waals surface area contributed by atoms with E-state index in [1.54, 1.807) is 0 Å². The Kier molecular flexibility index (Phi) is 1.73. The number of fused-ring (bicyclic) bond motifs is 5. The molecular formula is C18H11NO. The molecule has 0 aliphatic carbocycles. The normalized spacial score (nSPS) is 12.4. The maximum absolute atomic E-state index is 6.06.